The monoisotopic (exact) mass is 769 g/mol. The van der Waals surface area contributed by atoms with E-state index in [0.717, 1.165) is 44.9 Å². The number of aromatic amines is 1. The number of nitrogens with zero attached hydrogens (tertiary/aromatic N) is 1. The maximum Gasteiger partial charge on any atom is 0.341 e. The molecule has 0 fully saturated rings. The summed E-state index contributed by atoms with van der Waals surface area (Å²) in [5, 5.41) is 9.56. The molecule has 1 atom stereocenters. The molecule has 3 amide bonds. The van der Waals surface area contributed by atoms with Crippen molar-refractivity contribution in [2.24, 2.45) is 0 Å². The normalized spacial score (nSPS) is 13.5. The number of hydrogen-bond donors (Lipinski definition) is 4. The molecular weight excluding hydrogens is 731 g/mol. The quantitative estimate of drug-likeness (QED) is 0.0562. The van der Waals surface area contributed by atoms with Crippen LogP contribution in [0.3, 0.4) is 0 Å². The Labute approximate surface area is 327 Å². The van der Waals surface area contributed by atoms with E-state index < -0.39 is 23.0 Å². The molecule has 2 aromatic heterocycles. The number of carbonyl (C=O) groups is 4. The Morgan fingerprint density at radius 3 is 2.45 bits per heavy atom. The summed E-state index contributed by atoms with van der Waals surface area (Å²) < 4.78 is 5.15. The molecule has 12 heteroatoms. The van der Waals surface area contributed by atoms with E-state index in [4.69, 9.17) is 4.74 Å². The molecular formula is C43H39N5O5S2. The number of thiophene rings is 1. The van der Waals surface area contributed by atoms with Crippen molar-refractivity contribution in [2.45, 2.75) is 36.6 Å². The smallest absolute Gasteiger partial charge is 0.341 e. The summed E-state index contributed by atoms with van der Waals surface area (Å²) in [5.74, 6) is -1.66. The van der Waals surface area contributed by atoms with Crippen molar-refractivity contribution in [3.8, 4) is 0 Å². The van der Waals surface area contributed by atoms with Gasteiger partial charge in [0.15, 0.2) is 0 Å². The Kier molecular flexibility index (Phi) is 11.6. The van der Waals surface area contributed by atoms with E-state index in [2.05, 4.69) is 38.0 Å². The number of para-hydroxylation sites is 1. The Morgan fingerprint density at radius 1 is 0.927 bits per heavy atom. The molecule has 0 saturated carbocycles. The summed E-state index contributed by atoms with van der Waals surface area (Å²) in [4.78, 5) is 60.9. The number of anilines is 2. The highest BCUT2D eigenvalue weighted by Crippen LogP contribution is 2.39. The highest BCUT2D eigenvalue weighted by molar-refractivity contribution is 8.00. The van der Waals surface area contributed by atoms with Gasteiger partial charge in [-0.1, -0.05) is 72.8 Å². The Hall–Kier alpha value is -5.95. The Morgan fingerprint density at radius 2 is 1.67 bits per heavy atom. The highest BCUT2D eigenvalue weighted by atomic mass is 32.2. The maximum atomic E-state index is 13.8. The third-order valence-corrected chi connectivity index (χ3v) is 11.5. The van der Waals surface area contributed by atoms with Gasteiger partial charge in [-0.3, -0.25) is 19.3 Å². The number of nitrogens with one attached hydrogen (secondary N) is 4. The van der Waals surface area contributed by atoms with Crippen LogP contribution in [-0.2, 0) is 33.8 Å². The topological polar surface area (TPSA) is 133 Å². The van der Waals surface area contributed by atoms with E-state index in [1.165, 1.54) is 35.8 Å². The van der Waals surface area contributed by atoms with E-state index in [-0.39, 0.29) is 11.6 Å². The SMILES string of the molecule is COC(=O)c1c(NC(=O)C(C)Sc2cccc(NC(=O)/C(=C/c3c[nH]c4ccccc34)NC(=O)c3ccccc3)c2)sc2c1CCN(Cc1ccccc1)C2. The Balaban J connectivity index is 1.04. The number of thioether (sulfide) groups is 1. The number of amides is 3. The summed E-state index contributed by atoms with van der Waals surface area (Å²) in [7, 11) is 1.35. The molecule has 278 valence electrons. The van der Waals surface area contributed by atoms with Crippen molar-refractivity contribution in [2.75, 3.05) is 24.3 Å². The van der Waals surface area contributed by atoms with E-state index >= 15 is 0 Å². The van der Waals surface area contributed by atoms with E-state index in [9.17, 15) is 19.2 Å². The van der Waals surface area contributed by atoms with Gasteiger partial charge in [-0.05, 0) is 66.9 Å². The van der Waals surface area contributed by atoms with Crippen LogP contribution in [0.15, 0.2) is 126 Å². The fourth-order valence-corrected chi connectivity index (χ4v) is 8.67. The van der Waals surface area contributed by atoms with Crippen LogP contribution in [-0.4, -0.2) is 52.5 Å². The molecule has 4 aromatic carbocycles. The number of methoxy groups -OCH3 is 1. The first-order valence-electron chi connectivity index (χ1n) is 17.8. The van der Waals surface area contributed by atoms with Crippen LogP contribution in [0.1, 0.15) is 49.2 Å². The molecule has 0 radical (unpaired) electrons. The van der Waals surface area contributed by atoms with Gasteiger partial charge in [-0.25, -0.2) is 4.79 Å². The molecule has 7 rings (SSSR count). The van der Waals surface area contributed by atoms with E-state index in [1.807, 2.05) is 54.6 Å². The van der Waals surface area contributed by atoms with Crippen LogP contribution in [0.5, 0.6) is 0 Å². The van der Waals surface area contributed by atoms with Crippen molar-refractivity contribution < 1.29 is 23.9 Å². The lowest BCUT2D eigenvalue weighted by molar-refractivity contribution is -0.115. The first-order valence-corrected chi connectivity index (χ1v) is 19.5. The average molecular weight is 770 g/mol. The van der Waals surface area contributed by atoms with Crippen molar-refractivity contribution in [3.63, 3.8) is 0 Å². The number of carbonyl (C=O) groups excluding carboxylic acids is 4. The minimum absolute atomic E-state index is 0.0626. The summed E-state index contributed by atoms with van der Waals surface area (Å²) in [6, 6.07) is 33.8. The molecule has 0 saturated heterocycles. The van der Waals surface area contributed by atoms with Crippen molar-refractivity contribution in [1.29, 1.82) is 0 Å². The van der Waals surface area contributed by atoms with Gasteiger partial charge < -0.3 is 25.7 Å². The standard InChI is InChI=1S/C43H39N5O5S2/c1-27(39(49)47-42-38(43(52)53-2)34-20-21-48(26-37(34)55-42)25-28-12-5-3-6-13-28)54-32-17-11-16-31(23-32)45-41(51)36(46-40(50)29-14-7-4-8-15-29)22-30-24-44-35-19-10-9-18-33(30)35/h3-19,22-24,27,44H,20-21,25-26H2,1-2H3,(H,45,51)(H,46,50)(H,47,49)/b36-22-. The lowest BCUT2D eigenvalue weighted by Crippen LogP contribution is -2.30. The third kappa shape index (κ3) is 8.89. The molecule has 0 bridgehead atoms. The summed E-state index contributed by atoms with van der Waals surface area (Å²) in [6.07, 6.45) is 4.11. The molecule has 0 aliphatic carbocycles. The number of aromatic nitrogens is 1. The first kappa shape index (κ1) is 37.4. The van der Waals surface area contributed by atoms with Gasteiger partial charge in [0.1, 0.15) is 10.7 Å². The fourth-order valence-electron chi connectivity index (χ4n) is 6.47. The number of H-pyrrole nitrogens is 1. The van der Waals surface area contributed by atoms with Gasteiger partial charge in [0.05, 0.1) is 17.9 Å². The van der Waals surface area contributed by atoms with Gasteiger partial charge in [-0.15, -0.1) is 23.1 Å². The van der Waals surface area contributed by atoms with Gasteiger partial charge in [0.2, 0.25) is 5.91 Å². The van der Waals surface area contributed by atoms with Crippen molar-refractivity contribution in [1.82, 2.24) is 15.2 Å². The molecule has 55 heavy (non-hydrogen) atoms. The minimum atomic E-state index is -0.548. The number of ether oxygens (including phenoxy) is 1. The van der Waals surface area contributed by atoms with Gasteiger partial charge >= 0.3 is 5.97 Å². The third-order valence-electron chi connectivity index (χ3n) is 9.24. The van der Waals surface area contributed by atoms with Gasteiger partial charge in [0, 0.05) is 63.3 Å². The number of esters is 1. The predicted molar refractivity (Wildman–Crippen MR) is 219 cm³/mol. The van der Waals surface area contributed by atoms with Crippen LogP contribution in [0.25, 0.3) is 17.0 Å². The zero-order chi connectivity index (χ0) is 38.3. The predicted octanol–water partition coefficient (Wildman–Crippen LogP) is 8.10. The zero-order valence-corrected chi connectivity index (χ0v) is 31.9. The fraction of sp³-hybridized carbons (Fsp3) is 0.163. The van der Waals surface area contributed by atoms with Crippen LogP contribution >= 0.6 is 23.1 Å². The molecule has 4 N–H and O–H groups in total. The molecule has 1 aliphatic rings. The molecule has 0 spiro atoms. The molecule has 3 heterocycles. The largest absolute Gasteiger partial charge is 0.465 e. The molecule has 1 unspecified atom stereocenters. The number of rotatable bonds is 12. The van der Waals surface area contributed by atoms with Crippen LogP contribution in [0.2, 0.25) is 0 Å². The summed E-state index contributed by atoms with van der Waals surface area (Å²) >= 11 is 2.74. The first-order chi connectivity index (χ1) is 26.7. The van der Waals surface area contributed by atoms with Gasteiger partial charge in [0.25, 0.3) is 11.8 Å². The number of fused-ring (bicyclic) bond motifs is 2. The van der Waals surface area contributed by atoms with Gasteiger partial charge in [-0.2, -0.15) is 0 Å². The Bertz CT molecular complexity index is 2390. The molecule has 10 nitrogen and oxygen atoms in total. The second-order valence-electron chi connectivity index (χ2n) is 13.0. The minimum Gasteiger partial charge on any atom is -0.465 e. The summed E-state index contributed by atoms with van der Waals surface area (Å²) in [5.41, 5.74) is 5.17. The van der Waals surface area contributed by atoms with Crippen molar-refractivity contribution in [3.05, 3.63) is 154 Å². The maximum absolute atomic E-state index is 13.8. The van der Waals surface area contributed by atoms with Crippen LogP contribution in [0.4, 0.5) is 10.7 Å². The number of hydrogen-bond acceptors (Lipinski definition) is 8. The highest BCUT2D eigenvalue weighted by Gasteiger charge is 2.30. The van der Waals surface area contributed by atoms with E-state index in [0.29, 0.717) is 34.8 Å². The van der Waals surface area contributed by atoms with Crippen molar-refractivity contribution >= 4 is 74.5 Å². The summed E-state index contributed by atoms with van der Waals surface area (Å²) in [6.45, 7) is 4.05. The molecule has 6 aromatic rings. The second kappa shape index (κ2) is 17.0. The van der Waals surface area contributed by atoms with E-state index in [1.54, 1.807) is 61.7 Å². The lowest BCUT2D eigenvalue weighted by Gasteiger charge is -2.27. The lowest BCUT2D eigenvalue weighted by atomic mass is 10.0. The van der Waals surface area contributed by atoms with Crippen LogP contribution in [0, 0.1) is 0 Å². The molecule has 1 aliphatic heterocycles. The number of benzene rings is 4. The average Bonchev–Trinajstić information content (AvgIpc) is 3.78. The zero-order valence-electron chi connectivity index (χ0n) is 30.3. The second-order valence-corrected chi connectivity index (χ2v) is 15.6. The van der Waals surface area contributed by atoms with Crippen LogP contribution < -0.4 is 16.0 Å².